The van der Waals surface area contributed by atoms with Gasteiger partial charge < -0.3 is 19.9 Å². The Hall–Kier alpha value is -2.28. The topological polar surface area (TPSA) is 75.1 Å². The second-order valence-corrected chi connectivity index (χ2v) is 8.48. The molecule has 7 nitrogen and oxygen atoms in total. The third-order valence-electron chi connectivity index (χ3n) is 6.58. The summed E-state index contributed by atoms with van der Waals surface area (Å²) in [5.74, 6) is 1.71. The molecule has 1 heterocycles. The Morgan fingerprint density at radius 1 is 1.17 bits per heavy atom. The average Bonchev–Trinajstić information content (AvgIpc) is 2.72. The molecule has 29 heavy (non-hydrogen) atoms. The van der Waals surface area contributed by atoms with Gasteiger partial charge in [-0.05, 0) is 30.4 Å². The van der Waals surface area contributed by atoms with Crippen LogP contribution >= 0.6 is 0 Å². The Morgan fingerprint density at radius 2 is 1.90 bits per heavy atom. The number of benzene rings is 1. The number of carbonyl (C=O) groups is 2. The third-order valence-corrected chi connectivity index (χ3v) is 6.58. The fraction of sp³-hybridized carbons (Fsp3) is 0.636. The van der Waals surface area contributed by atoms with E-state index in [9.17, 15) is 9.59 Å². The Balaban J connectivity index is 1.42. The number of urea groups is 1. The normalized spacial score (nSPS) is 25.3. The van der Waals surface area contributed by atoms with Gasteiger partial charge in [0.2, 0.25) is 0 Å². The van der Waals surface area contributed by atoms with E-state index in [1.165, 1.54) is 11.3 Å². The molecule has 1 aliphatic heterocycles. The molecule has 1 saturated carbocycles. The van der Waals surface area contributed by atoms with E-state index in [1.807, 2.05) is 18.2 Å². The predicted octanol–water partition coefficient (Wildman–Crippen LogP) is 1.05. The third kappa shape index (κ3) is 5.63. The maximum Gasteiger partial charge on any atom is 0.321 e. The molecule has 3 amide bonds. The van der Waals surface area contributed by atoms with Gasteiger partial charge in [-0.2, -0.15) is 0 Å². The maximum atomic E-state index is 12.3. The first-order valence-corrected chi connectivity index (χ1v) is 10.8. The molecule has 3 N–H and O–H groups in total. The molecule has 3 atom stereocenters. The number of amides is 3. The van der Waals surface area contributed by atoms with E-state index < -0.39 is 0 Å². The Labute approximate surface area is 173 Å². The van der Waals surface area contributed by atoms with Crippen molar-refractivity contribution < 1.29 is 19.2 Å². The van der Waals surface area contributed by atoms with Crippen molar-refractivity contribution in [1.29, 1.82) is 0 Å². The molecule has 1 aliphatic carbocycles. The molecule has 160 valence electrons. The van der Waals surface area contributed by atoms with Gasteiger partial charge in [0.1, 0.15) is 5.75 Å². The number of para-hydroxylation sites is 2. The number of piperazine rings is 1. The van der Waals surface area contributed by atoms with Crippen molar-refractivity contribution in [3.63, 3.8) is 0 Å². The monoisotopic (exact) mass is 403 g/mol. The first-order chi connectivity index (χ1) is 14.0. The Morgan fingerprint density at radius 3 is 2.62 bits per heavy atom. The smallest absolute Gasteiger partial charge is 0.321 e. The van der Waals surface area contributed by atoms with Crippen LogP contribution in [0.5, 0.6) is 5.75 Å². The van der Waals surface area contributed by atoms with Crippen molar-refractivity contribution in [2.75, 3.05) is 44.7 Å². The molecule has 0 aromatic heterocycles. The van der Waals surface area contributed by atoms with Crippen molar-refractivity contribution in [3.05, 3.63) is 24.3 Å². The highest BCUT2D eigenvalue weighted by Gasteiger charge is 2.29. The molecule has 0 bridgehead atoms. The minimum atomic E-state index is -0.354. The summed E-state index contributed by atoms with van der Waals surface area (Å²) >= 11 is 0. The minimum absolute atomic E-state index is 0.156. The van der Waals surface area contributed by atoms with Gasteiger partial charge in [0, 0.05) is 6.04 Å². The van der Waals surface area contributed by atoms with Crippen molar-refractivity contribution in [1.82, 2.24) is 10.6 Å². The van der Waals surface area contributed by atoms with Crippen LogP contribution in [0.4, 0.5) is 10.5 Å². The highest BCUT2D eigenvalue weighted by molar-refractivity contribution is 5.94. The first kappa shape index (κ1) is 21.4. The molecule has 1 aromatic rings. The van der Waals surface area contributed by atoms with Crippen LogP contribution in [0.1, 0.15) is 33.1 Å². The number of methoxy groups -OCH3 is 1. The van der Waals surface area contributed by atoms with Crippen LogP contribution in [-0.2, 0) is 4.79 Å². The zero-order chi connectivity index (χ0) is 20.8. The lowest BCUT2D eigenvalue weighted by atomic mass is 9.78. The van der Waals surface area contributed by atoms with E-state index in [2.05, 4.69) is 35.4 Å². The lowest BCUT2D eigenvalue weighted by molar-refractivity contribution is -0.892. The summed E-state index contributed by atoms with van der Waals surface area (Å²) in [5.41, 5.74) is 1.09. The highest BCUT2D eigenvalue weighted by Crippen LogP contribution is 2.29. The average molecular weight is 404 g/mol. The van der Waals surface area contributed by atoms with Gasteiger partial charge in [0.05, 0.1) is 39.0 Å². The molecule has 0 radical (unpaired) electrons. The largest absolute Gasteiger partial charge is 0.495 e. The van der Waals surface area contributed by atoms with Crippen molar-refractivity contribution >= 4 is 17.6 Å². The summed E-state index contributed by atoms with van der Waals surface area (Å²) < 4.78 is 5.45. The number of imide groups is 1. The van der Waals surface area contributed by atoms with Crippen LogP contribution in [0, 0.1) is 11.8 Å². The number of hydrogen-bond acceptors (Lipinski definition) is 4. The number of anilines is 1. The van der Waals surface area contributed by atoms with E-state index in [1.54, 1.807) is 7.11 Å². The van der Waals surface area contributed by atoms with Crippen LogP contribution in [0.25, 0.3) is 0 Å². The van der Waals surface area contributed by atoms with Crippen LogP contribution in [0.3, 0.4) is 0 Å². The van der Waals surface area contributed by atoms with Gasteiger partial charge in [0.25, 0.3) is 5.91 Å². The summed E-state index contributed by atoms with van der Waals surface area (Å²) in [4.78, 5) is 28.1. The SMILES string of the molecule is COc1ccccc1N1CC[NH+](CC(=O)NC(=O)NC2CCCC(C)C2C)CC1. The summed E-state index contributed by atoms with van der Waals surface area (Å²) in [5, 5.41) is 5.53. The van der Waals surface area contributed by atoms with Gasteiger partial charge in [-0.25, -0.2) is 4.79 Å². The number of nitrogens with zero attached hydrogens (tertiary/aromatic N) is 1. The maximum absolute atomic E-state index is 12.3. The number of hydrogen-bond donors (Lipinski definition) is 3. The van der Waals surface area contributed by atoms with Crippen LogP contribution in [0.2, 0.25) is 0 Å². The number of rotatable bonds is 5. The molecular weight excluding hydrogens is 368 g/mol. The molecule has 3 unspecified atom stereocenters. The first-order valence-electron chi connectivity index (χ1n) is 10.8. The van der Waals surface area contributed by atoms with Gasteiger partial charge >= 0.3 is 6.03 Å². The van der Waals surface area contributed by atoms with E-state index in [0.29, 0.717) is 18.4 Å². The lowest BCUT2D eigenvalue weighted by Crippen LogP contribution is -3.16. The summed E-state index contributed by atoms with van der Waals surface area (Å²) in [7, 11) is 1.68. The van der Waals surface area contributed by atoms with Gasteiger partial charge in [-0.1, -0.05) is 38.8 Å². The Bertz CT molecular complexity index is 703. The van der Waals surface area contributed by atoms with E-state index in [-0.39, 0.29) is 18.0 Å². The Kier molecular flexibility index (Phi) is 7.36. The van der Waals surface area contributed by atoms with Crippen LogP contribution in [0.15, 0.2) is 24.3 Å². The van der Waals surface area contributed by atoms with Crippen molar-refractivity contribution in [2.45, 2.75) is 39.2 Å². The summed E-state index contributed by atoms with van der Waals surface area (Å²) in [6, 6.07) is 7.81. The molecule has 0 spiro atoms. The molecule has 1 saturated heterocycles. The van der Waals surface area contributed by atoms with E-state index in [4.69, 9.17) is 4.74 Å². The van der Waals surface area contributed by atoms with Crippen molar-refractivity contribution in [2.24, 2.45) is 11.8 Å². The second-order valence-electron chi connectivity index (χ2n) is 8.48. The number of quaternary nitrogens is 1. The van der Waals surface area contributed by atoms with Gasteiger partial charge in [-0.15, -0.1) is 0 Å². The standard InChI is InChI=1S/C22H34N4O3/c1-16-7-6-8-18(17(16)2)23-22(28)24-21(27)15-25-11-13-26(14-12-25)19-9-4-5-10-20(19)29-3/h4-5,9-10,16-18H,6-8,11-15H2,1-3H3,(H2,23,24,27,28)/p+1. The molecular formula is C22H35N4O3+. The highest BCUT2D eigenvalue weighted by atomic mass is 16.5. The number of carbonyl (C=O) groups excluding carboxylic acids is 2. The second kappa shape index (κ2) is 9.96. The molecule has 7 heteroatoms. The molecule has 2 aliphatic rings. The van der Waals surface area contributed by atoms with E-state index in [0.717, 1.165) is 50.5 Å². The predicted molar refractivity (Wildman–Crippen MR) is 113 cm³/mol. The quantitative estimate of drug-likeness (QED) is 0.687. The van der Waals surface area contributed by atoms with Gasteiger partial charge in [-0.3, -0.25) is 10.1 Å². The van der Waals surface area contributed by atoms with Gasteiger partial charge in [0.15, 0.2) is 6.54 Å². The van der Waals surface area contributed by atoms with E-state index >= 15 is 0 Å². The molecule has 2 fully saturated rings. The summed E-state index contributed by atoms with van der Waals surface area (Å²) in [6.07, 6.45) is 3.33. The summed E-state index contributed by atoms with van der Waals surface area (Å²) in [6.45, 7) is 8.15. The van der Waals surface area contributed by atoms with Crippen LogP contribution in [-0.4, -0.2) is 57.8 Å². The minimum Gasteiger partial charge on any atom is -0.495 e. The zero-order valence-electron chi connectivity index (χ0n) is 17.9. The lowest BCUT2D eigenvalue weighted by Gasteiger charge is -2.35. The zero-order valence-corrected chi connectivity index (χ0v) is 17.9. The molecule has 1 aromatic carbocycles. The fourth-order valence-electron chi connectivity index (χ4n) is 4.52. The number of nitrogens with one attached hydrogen (secondary N) is 3. The van der Waals surface area contributed by atoms with Crippen molar-refractivity contribution in [3.8, 4) is 5.75 Å². The van der Waals surface area contributed by atoms with Crippen LogP contribution < -0.4 is 25.2 Å². The number of ether oxygens (including phenoxy) is 1. The fourth-order valence-corrected chi connectivity index (χ4v) is 4.52. The molecule has 3 rings (SSSR count).